The van der Waals surface area contributed by atoms with E-state index >= 15 is 0 Å². The Kier molecular flexibility index (Phi) is 1360. The summed E-state index contributed by atoms with van der Waals surface area (Å²) >= 11 is 0. The molecule has 0 bridgehead atoms. The predicted octanol–water partition coefficient (Wildman–Crippen LogP) is -3.91. The van der Waals surface area contributed by atoms with Crippen LogP contribution in [0.4, 0.5) is 0 Å². The molecule has 0 saturated carbocycles. The number of hydrogen-bond acceptors (Lipinski definition) is 3. The van der Waals surface area contributed by atoms with E-state index in [0.29, 0.717) is 0 Å². The van der Waals surface area contributed by atoms with Gasteiger partial charge >= 0.3 is 41.9 Å². The van der Waals surface area contributed by atoms with E-state index < -0.39 is 0 Å². The Morgan fingerprint density at radius 2 is 0.600 bits per heavy atom. The Labute approximate surface area is 58.4 Å². The van der Waals surface area contributed by atoms with Crippen LogP contribution in [-0.2, 0) is 0 Å². The fraction of sp³-hybridized carbons (Fsp3) is 0. The van der Waals surface area contributed by atoms with Gasteiger partial charge in [0.05, 0.1) is 0 Å². The molecule has 0 fully saturated rings. The molecule has 3 N–H and O–H groups in total. The summed E-state index contributed by atoms with van der Waals surface area (Å²) in [6, 6.07) is 0. The van der Waals surface area contributed by atoms with Gasteiger partial charge in [0.15, 0.2) is 0 Å². The second-order valence-electron chi connectivity index (χ2n) is 0. The van der Waals surface area contributed by atoms with Crippen molar-refractivity contribution >= 4 is 23.1 Å². The van der Waals surface area contributed by atoms with E-state index in [1.54, 1.807) is 0 Å². The summed E-state index contributed by atoms with van der Waals surface area (Å²) in [5.41, 5.74) is 0. The fourth-order valence-electron chi connectivity index (χ4n) is 0. The zero-order valence-electron chi connectivity index (χ0n) is 3.05. The van der Waals surface area contributed by atoms with Crippen molar-refractivity contribution < 1.29 is 35.3 Å². The van der Waals surface area contributed by atoms with E-state index in [-0.39, 0.29) is 58.3 Å². The molecule has 0 radical (unpaired) electrons. The van der Waals surface area contributed by atoms with E-state index in [0.717, 1.165) is 0 Å². The molecule has 5 heteroatoms. The van der Waals surface area contributed by atoms with Crippen molar-refractivity contribution in [1.29, 1.82) is 0 Å². The largest absolute Gasteiger partial charge is 2.00 e. The summed E-state index contributed by atoms with van der Waals surface area (Å²) in [4.78, 5) is 0. The first-order valence-electron chi connectivity index (χ1n) is 0. The van der Waals surface area contributed by atoms with Crippen molar-refractivity contribution in [2.45, 2.75) is 0 Å². The fourth-order valence-corrected chi connectivity index (χ4v) is 0. The third-order valence-electron chi connectivity index (χ3n) is 0. The van der Waals surface area contributed by atoms with Gasteiger partial charge in [-0.3, -0.25) is 0 Å². The first-order chi connectivity index (χ1) is 0. The summed E-state index contributed by atoms with van der Waals surface area (Å²) in [5.74, 6) is 0. The van der Waals surface area contributed by atoms with Crippen LogP contribution in [0.1, 0.15) is 0 Å². The summed E-state index contributed by atoms with van der Waals surface area (Å²) in [6.07, 6.45) is 0. The molecule has 0 rings (SSSR count). The molecule has 5 heavy (non-hydrogen) atoms. The maximum atomic E-state index is 0. The Hall–Kier alpha value is 1.24. The SMILES string of the molecule is [Li+].[Mg+2].[OH-].[OH-].[OH-]. The summed E-state index contributed by atoms with van der Waals surface area (Å²) in [5, 5.41) is 0. The van der Waals surface area contributed by atoms with Gasteiger partial charge in [0.2, 0.25) is 0 Å². The second-order valence-corrected chi connectivity index (χ2v) is 0. The van der Waals surface area contributed by atoms with Gasteiger partial charge in [0.25, 0.3) is 0 Å². The van der Waals surface area contributed by atoms with Crippen LogP contribution in [0, 0.1) is 0 Å². The van der Waals surface area contributed by atoms with Crippen molar-refractivity contribution in [2.24, 2.45) is 0 Å². The zero-order valence-corrected chi connectivity index (χ0v) is 4.46. The van der Waals surface area contributed by atoms with Gasteiger partial charge in [-0.2, -0.15) is 0 Å². The monoisotopic (exact) mass is 82.0 g/mol. The molecule has 0 aromatic carbocycles. The minimum atomic E-state index is 0. The van der Waals surface area contributed by atoms with Gasteiger partial charge in [0.1, 0.15) is 0 Å². The van der Waals surface area contributed by atoms with Gasteiger partial charge in [0, 0.05) is 0 Å². The van der Waals surface area contributed by atoms with Crippen LogP contribution in [0.5, 0.6) is 0 Å². The molecule has 0 spiro atoms. The van der Waals surface area contributed by atoms with Crippen LogP contribution >= 0.6 is 0 Å². The van der Waals surface area contributed by atoms with Crippen molar-refractivity contribution in [3.8, 4) is 0 Å². The summed E-state index contributed by atoms with van der Waals surface area (Å²) in [7, 11) is 0. The van der Waals surface area contributed by atoms with Crippen molar-refractivity contribution in [2.75, 3.05) is 0 Å². The minimum Gasteiger partial charge on any atom is -0.870 e. The van der Waals surface area contributed by atoms with Gasteiger partial charge in [-0.05, 0) is 0 Å². The van der Waals surface area contributed by atoms with Crippen molar-refractivity contribution in [1.82, 2.24) is 0 Å². The predicted molar refractivity (Wildman–Crippen MR) is 11.6 cm³/mol. The molecule has 0 aromatic heterocycles. The minimum absolute atomic E-state index is 0. The molecule has 0 heterocycles. The molecule has 0 saturated heterocycles. The van der Waals surface area contributed by atoms with E-state index in [1.807, 2.05) is 0 Å². The van der Waals surface area contributed by atoms with Crippen LogP contribution < -0.4 is 18.9 Å². The molecule has 0 unspecified atom stereocenters. The summed E-state index contributed by atoms with van der Waals surface area (Å²) < 4.78 is 0. The molecule has 0 atom stereocenters. The Balaban J connectivity index is 0. The molecular formula is H3LiMgO3. The van der Waals surface area contributed by atoms with E-state index in [4.69, 9.17) is 0 Å². The number of rotatable bonds is 0. The molecule has 3 nitrogen and oxygen atoms in total. The summed E-state index contributed by atoms with van der Waals surface area (Å²) in [6.45, 7) is 0. The average molecular weight is 82.3 g/mol. The van der Waals surface area contributed by atoms with Gasteiger partial charge in [-0.25, -0.2) is 0 Å². The first-order valence-corrected chi connectivity index (χ1v) is 0. The first kappa shape index (κ1) is 111. The smallest absolute Gasteiger partial charge is 0.870 e. The number of hydrogen-bond donors (Lipinski definition) is 0. The molecule has 0 aromatic rings. The van der Waals surface area contributed by atoms with Gasteiger partial charge in [-0.1, -0.05) is 0 Å². The third-order valence-corrected chi connectivity index (χ3v) is 0. The van der Waals surface area contributed by atoms with Crippen LogP contribution in [0.3, 0.4) is 0 Å². The topological polar surface area (TPSA) is 90.0 Å². The molecular weight excluding hydrogens is 79.2 g/mol. The maximum Gasteiger partial charge on any atom is 2.00 e. The van der Waals surface area contributed by atoms with Crippen LogP contribution in [-0.4, -0.2) is 39.5 Å². The Morgan fingerprint density at radius 3 is 0.600 bits per heavy atom. The molecule has 24 valence electrons. The second kappa shape index (κ2) is 61.1. The quantitative estimate of drug-likeness (QED) is 0.280. The molecule has 0 aliphatic rings. The molecule has 0 aliphatic carbocycles. The average Bonchev–Trinajstić information content (AvgIpc) is 0. The molecule has 0 aliphatic heterocycles. The van der Waals surface area contributed by atoms with E-state index in [2.05, 4.69) is 0 Å². The maximum absolute atomic E-state index is 0. The Morgan fingerprint density at radius 1 is 0.600 bits per heavy atom. The standard InChI is InChI=1S/Li.Mg.3H2O/h;;3*1H2/q+1;+2;;;/p-3. The molecule has 0 amide bonds. The van der Waals surface area contributed by atoms with E-state index in [1.165, 1.54) is 0 Å². The van der Waals surface area contributed by atoms with Crippen LogP contribution in [0.2, 0.25) is 0 Å². The normalized spacial score (nSPS) is 0. The zero-order chi connectivity index (χ0) is 0. The van der Waals surface area contributed by atoms with Gasteiger partial charge < -0.3 is 16.4 Å². The van der Waals surface area contributed by atoms with Gasteiger partial charge in [-0.15, -0.1) is 0 Å². The Bertz CT molecular complexity index is 6.85. The van der Waals surface area contributed by atoms with Crippen molar-refractivity contribution in [3.05, 3.63) is 0 Å². The van der Waals surface area contributed by atoms with Crippen molar-refractivity contribution in [3.63, 3.8) is 0 Å². The third kappa shape index (κ3) is 35.7. The van der Waals surface area contributed by atoms with Crippen LogP contribution in [0.15, 0.2) is 0 Å². The van der Waals surface area contributed by atoms with Crippen LogP contribution in [0.25, 0.3) is 0 Å². The van der Waals surface area contributed by atoms with E-state index in [9.17, 15) is 0 Å².